The normalized spacial score (nSPS) is 29.5. The quantitative estimate of drug-likeness (QED) is 0.451. The van der Waals surface area contributed by atoms with Gasteiger partial charge in [-0.05, 0) is 13.3 Å². The smallest absolute Gasteiger partial charge is 0.222 e. The molecule has 0 spiro atoms. The molecule has 0 saturated carbocycles. The molecule has 1 aliphatic heterocycles. The number of hydrogen-bond donors (Lipinski definition) is 0. The van der Waals surface area contributed by atoms with Crippen LogP contribution < -0.4 is 0 Å². The molecule has 1 amide bonds. The molecule has 0 aliphatic carbocycles. The van der Waals surface area contributed by atoms with Crippen molar-refractivity contribution in [3.05, 3.63) is 0 Å². The second kappa shape index (κ2) is 1.77. The Morgan fingerprint density at radius 3 is 2.50 bits per heavy atom. The Bertz CT molecular complexity index is 111. The van der Waals surface area contributed by atoms with E-state index in [9.17, 15) is 4.79 Å². The van der Waals surface area contributed by atoms with Crippen molar-refractivity contribution in [2.45, 2.75) is 25.8 Å². The van der Waals surface area contributed by atoms with Crippen LogP contribution in [0, 0.1) is 0 Å². The summed E-state index contributed by atoms with van der Waals surface area (Å²) in [6.07, 6.45) is 1.78. The van der Waals surface area contributed by atoms with E-state index in [1.165, 1.54) is 0 Å². The number of carbonyl (C=O) groups excluding carboxylic acids is 1. The molecule has 0 unspecified atom stereocenters. The first-order valence-corrected chi connectivity index (χ1v) is 2.97. The second-order valence-corrected chi connectivity index (χ2v) is 2.39. The van der Waals surface area contributed by atoms with E-state index in [4.69, 9.17) is 0 Å². The summed E-state index contributed by atoms with van der Waals surface area (Å²) < 4.78 is 0. The van der Waals surface area contributed by atoms with Crippen LogP contribution in [0.2, 0.25) is 0 Å². The zero-order valence-corrected chi connectivity index (χ0v) is 5.35. The molecule has 0 N–H and O–H groups in total. The van der Waals surface area contributed by atoms with Crippen LogP contribution in [0.15, 0.2) is 0 Å². The van der Waals surface area contributed by atoms with Crippen molar-refractivity contribution in [2.24, 2.45) is 0 Å². The van der Waals surface area contributed by atoms with E-state index in [2.05, 4.69) is 6.92 Å². The summed E-state index contributed by atoms with van der Waals surface area (Å²) in [4.78, 5) is 12.5. The van der Waals surface area contributed by atoms with Crippen molar-refractivity contribution in [2.75, 3.05) is 7.05 Å². The van der Waals surface area contributed by atoms with Crippen LogP contribution in [0.3, 0.4) is 0 Å². The van der Waals surface area contributed by atoms with Crippen LogP contribution in [-0.2, 0) is 4.79 Å². The van der Waals surface area contributed by atoms with Gasteiger partial charge in [-0.2, -0.15) is 0 Å². The van der Waals surface area contributed by atoms with Gasteiger partial charge in [-0.15, -0.1) is 0 Å². The average molecular weight is 113 g/mol. The van der Waals surface area contributed by atoms with Gasteiger partial charge < -0.3 is 4.90 Å². The lowest BCUT2D eigenvalue weighted by atomic mass is 10.2. The number of likely N-dealkylation sites (tertiary alicyclic amines) is 1. The SMILES string of the molecule is C[C@H]1CCC(=O)N1C. The van der Waals surface area contributed by atoms with E-state index >= 15 is 0 Å². The Hall–Kier alpha value is -0.530. The van der Waals surface area contributed by atoms with Gasteiger partial charge in [0.15, 0.2) is 0 Å². The largest absolute Gasteiger partial charge is 0.343 e. The van der Waals surface area contributed by atoms with E-state index < -0.39 is 0 Å². The topological polar surface area (TPSA) is 20.3 Å². The summed E-state index contributed by atoms with van der Waals surface area (Å²) in [5.74, 6) is 0.289. The summed E-state index contributed by atoms with van der Waals surface area (Å²) in [5.41, 5.74) is 0. The van der Waals surface area contributed by atoms with Crippen molar-refractivity contribution >= 4 is 5.91 Å². The third-order valence-corrected chi connectivity index (χ3v) is 1.83. The second-order valence-electron chi connectivity index (χ2n) is 2.39. The van der Waals surface area contributed by atoms with Gasteiger partial charge in [0, 0.05) is 19.5 Å². The Morgan fingerprint density at radius 1 is 1.75 bits per heavy atom. The van der Waals surface area contributed by atoms with Gasteiger partial charge in [0.25, 0.3) is 0 Å². The number of carbonyl (C=O) groups is 1. The summed E-state index contributed by atoms with van der Waals surface area (Å²) in [6.45, 7) is 2.07. The molecule has 1 aliphatic rings. The molecule has 1 fully saturated rings. The van der Waals surface area contributed by atoms with Crippen molar-refractivity contribution in [3.63, 3.8) is 0 Å². The zero-order chi connectivity index (χ0) is 6.15. The third-order valence-electron chi connectivity index (χ3n) is 1.83. The molecule has 0 bridgehead atoms. The number of rotatable bonds is 0. The molecule has 1 saturated heterocycles. The van der Waals surface area contributed by atoms with Crippen LogP contribution in [0.25, 0.3) is 0 Å². The van der Waals surface area contributed by atoms with Crippen molar-refractivity contribution < 1.29 is 4.79 Å². The average Bonchev–Trinajstić information content (AvgIpc) is 1.98. The minimum atomic E-state index is 0.289. The van der Waals surface area contributed by atoms with E-state index in [0.717, 1.165) is 12.8 Å². The predicted octanol–water partition coefficient (Wildman–Crippen LogP) is 0.627. The minimum absolute atomic E-state index is 0.289. The Balaban J connectivity index is 2.56. The van der Waals surface area contributed by atoms with Gasteiger partial charge in [0.1, 0.15) is 0 Å². The van der Waals surface area contributed by atoms with Crippen LogP contribution in [0.4, 0.5) is 0 Å². The number of amides is 1. The fourth-order valence-electron chi connectivity index (χ4n) is 0.948. The van der Waals surface area contributed by atoms with E-state index in [1.807, 2.05) is 7.05 Å². The molecular weight excluding hydrogens is 102 g/mol. The van der Waals surface area contributed by atoms with Gasteiger partial charge >= 0.3 is 0 Å². The van der Waals surface area contributed by atoms with Crippen LogP contribution in [-0.4, -0.2) is 23.9 Å². The van der Waals surface area contributed by atoms with E-state index in [-0.39, 0.29) is 5.91 Å². The molecule has 1 rings (SSSR count). The monoisotopic (exact) mass is 113 g/mol. The zero-order valence-electron chi connectivity index (χ0n) is 5.35. The fourth-order valence-corrected chi connectivity index (χ4v) is 0.948. The molecule has 0 aromatic carbocycles. The Kier molecular flexibility index (Phi) is 1.24. The highest BCUT2D eigenvalue weighted by atomic mass is 16.2. The highest BCUT2D eigenvalue weighted by Crippen LogP contribution is 2.14. The lowest BCUT2D eigenvalue weighted by Crippen LogP contribution is -2.25. The molecule has 8 heavy (non-hydrogen) atoms. The maximum Gasteiger partial charge on any atom is 0.222 e. The molecule has 0 radical (unpaired) electrons. The number of nitrogens with zero attached hydrogens (tertiary/aromatic N) is 1. The summed E-state index contributed by atoms with van der Waals surface area (Å²) in [5, 5.41) is 0. The molecule has 1 atom stereocenters. The highest BCUT2D eigenvalue weighted by Gasteiger charge is 2.22. The van der Waals surface area contributed by atoms with Gasteiger partial charge in [-0.3, -0.25) is 4.79 Å². The van der Waals surface area contributed by atoms with Crippen molar-refractivity contribution in [1.82, 2.24) is 4.90 Å². The molecule has 0 aromatic rings. The summed E-state index contributed by atoms with van der Waals surface area (Å²) >= 11 is 0. The van der Waals surface area contributed by atoms with Gasteiger partial charge in [-0.25, -0.2) is 0 Å². The third kappa shape index (κ3) is 0.703. The lowest BCUT2D eigenvalue weighted by Gasteiger charge is -2.13. The van der Waals surface area contributed by atoms with Crippen molar-refractivity contribution in [3.8, 4) is 0 Å². The standard InChI is InChI=1S/C6H11NO/c1-5-3-4-6(8)7(5)2/h5H,3-4H2,1-2H3/t5-/m0/s1. The van der Waals surface area contributed by atoms with Crippen LogP contribution >= 0.6 is 0 Å². The summed E-state index contributed by atoms with van der Waals surface area (Å²) in [7, 11) is 1.86. The lowest BCUT2D eigenvalue weighted by molar-refractivity contribution is -0.127. The van der Waals surface area contributed by atoms with Crippen LogP contribution in [0.1, 0.15) is 19.8 Å². The Labute approximate surface area is 49.5 Å². The minimum Gasteiger partial charge on any atom is -0.343 e. The van der Waals surface area contributed by atoms with E-state index in [0.29, 0.717) is 6.04 Å². The molecule has 1 heterocycles. The number of hydrogen-bond acceptors (Lipinski definition) is 1. The molecule has 2 heteroatoms. The maximum absolute atomic E-state index is 10.7. The van der Waals surface area contributed by atoms with E-state index in [1.54, 1.807) is 4.90 Å². The maximum atomic E-state index is 10.7. The van der Waals surface area contributed by atoms with Gasteiger partial charge in [0.05, 0.1) is 0 Å². The van der Waals surface area contributed by atoms with Gasteiger partial charge in [-0.1, -0.05) is 0 Å². The molecular formula is C6H11NO. The van der Waals surface area contributed by atoms with Crippen LogP contribution in [0.5, 0.6) is 0 Å². The first-order chi connectivity index (χ1) is 3.72. The molecule has 2 nitrogen and oxygen atoms in total. The molecule has 46 valence electrons. The van der Waals surface area contributed by atoms with Crippen molar-refractivity contribution in [1.29, 1.82) is 0 Å². The fraction of sp³-hybridized carbons (Fsp3) is 0.833. The first-order valence-electron chi connectivity index (χ1n) is 2.97. The summed E-state index contributed by atoms with van der Waals surface area (Å²) in [6, 6.07) is 0.475. The molecule has 0 aromatic heterocycles. The Morgan fingerprint density at radius 2 is 2.38 bits per heavy atom. The predicted molar refractivity (Wildman–Crippen MR) is 31.5 cm³/mol. The first kappa shape index (κ1) is 5.60. The van der Waals surface area contributed by atoms with Gasteiger partial charge in [0.2, 0.25) is 5.91 Å². The highest BCUT2D eigenvalue weighted by molar-refractivity contribution is 5.78.